The average molecular weight is 218 g/mol. The molecule has 14 heavy (non-hydrogen) atoms. The molecule has 0 saturated carbocycles. The SMILES string of the molecule is CC(C)(C)N=C(N)C1CCS(=O)(=O)C1. The number of nitrogens with zero attached hydrogens (tertiary/aromatic N) is 1. The summed E-state index contributed by atoms with van der Waals surface area (Å²) in [6, 6.07) is 0. The first-order valence-corrected chi connectivity index (χ1v) is 6.57. The van der Waals surface area contributed by atoms with Crippen molar-refractivity contribution in [3.05, 3.63) is 0 Å². The highest BCUT2D eigenvalue weighted by atomic mass is 32.2. The highest BCUT2D eigenvalue weighted by Gasteiger charge is 2.30. The van der Waals surface area contributed by atoms with E-state index in [9.17, 15) is 8.42 Å². The summed E-state index contributed by atoms with van der Waals surface area (Å²) in [5.41, 5.74) is 5.55. The fraction of sp³-hybridized carbons (Fsp3) is 0.889. The molecule has 0 aromatic carbocycles. The summed E-state index contributed by atoms with van der Waals surface area (Å²) < 4.78 is 22.4. The van der Waals surface area contributed by atoms with Crippen LogP contribution in [-0.2, 0) is 9.84 Å². The lowest BCUT2D eigenvalue weighted by Gasteiger charge is -2.16. The molecule has 1 saturated heterocycles. The largest absolute Gasteiger partial charge is 0.387 e. The van der Waals surface area contributed by atoms with Gasteiger partial charge in [-0.15, -0.1) is 0 Å². The Morgan fingerprint density at radius 3 is 2.36 bits per heavy atom. The van der Waals surface area contributed by atoms with Crippen LogP contribution in [0.25, 0.3) is 0 Å². The van der Waals surface area contributed by atoms with Crippen molar-refractivity contribution in [2.24, 2.45) is 16.6 Å². The molecule has 1 heterocycles. The Hall–Kier alpha value is -0.580. The van der Waals surface area contributed by atoms with E-state index < -0.39 is 9.84 Å². The molecule has 1 aliphatic rings. The summed E-state index contributed by atoms with van der Waals surface area (Å²) in [7, 11) is -2.86. The van der Waals surface area contributed by atoms with Gasteiger partial charge in [-0.3, -0.25) is 4.99 Å². The maximum atomic E-state index is 11.2. The van der Waals surface area contributed by atoms with Crippen molar-refractivity contribution in [3.8, 4) is 0 Å². The van der Waals surface area contributed by atoms with Crippen molar-refractivity contribution in [1.82, 2.24) is 0 Å². The molecule has 2 N–H and O–H groups in total. The molecule has 1 aliphatic heterocycles. The van der Waals surface area contributed by atoms with E-state index in [1.807, 2.05) is 20.8 Å². The maximum absolute atomic E-state index is 11.2. The highest BCUT2D eigenvalue weighted by molar-refractivity contribution is 7.91. The Bertz CT molecular complexity index is 338. The molecular weight excluding hydrogens is 200 g/mol. The van der Waals surface area contributed by atoms with E-state index in [0.29, 0.717) is 12.3 Å². The van der Waals surface area contributed by atoms with Crippen LogP contribution in [-0.4, -0.2) is 31.3 Å². The topological polar surface area (TPSA) is 72.5 Å². The van der Waals surface area contributed by atoms with Crippen LogP contribution in [0.15, 0.2) is 4.99 Å². The zero-order chi connectivity index (χ0) is 11.0. The molecular formula is C9H18N2O2S. The number of sulfone groups is 1. The van der Waals surface area contributed by atoms with Crippen LogP contribution < -0.4 is 5.73 Å². The third-order valence-corrected chi connectivity index (χ3v) is 3.88. The summed E-state index contributed by atoms with van der Waals surface area (Å²) >= 11 is 0. The van der Waals surface area contributed by atoms with Crippen LogP contribution in [0, 0.1) is 5.92 Å². The second-order valence-electron chi connectivity index (χ2n) is 4.81. The number of nitrogens with two attached hydrogens (primary N) is 1. The number of rotatable bonds is 1. The Morgan fingerprint density at radius 1 is 1.43 bits per heavy atom. The normalized spacial score (nSPS) is 27.9. The van der Waals surface area contributed by atoms with Crippen molar-refractivity contribution in [2.45, 2.75) is 32.7 Å². The molecule has 1 unspecified atom stereocenters. The van der Waals surface area contributed by atoms with Crippen molar-refractivity contribution >= 4 is 15.7 Å². The molecule has 0 aromatic rings. The molecule has 1 fully saturated rings. The quantitative estimate of drug-likeness (QED) is 0.517. The maximum Gasteiger partial charge on any atom is 0.151 e. The van der Waals surface area contributed by atoms with Gasteiger partial charge >= 0.3 is 0 Å². The highest BCUT2D eigenvalue weighted by Crippen LogP contribution is 2.20. The third-order valence-electron chi connectivity index (χ3n) is 2.12. The number of hydrogen-bond acceptors (Lipinski definition) is 3. The summed E-state index contributed by atoms with van der Waals surface area (Å²) in [5.74, 6) is 0.828. The monoisotopic (exact) mass is 218 g/mol. The fourth-order valence-electron chi connectivity index (χ4n) is 1.51. The van der Waals surface area contributed by atoms with Crippen LogP contribution in [0.3, 0.4) is 0 Å². The van der Waals surface area contributed by atoms with Crippen LogP contribution in [0.1, 0.15) is 27.2 Å². The Labute approximate surface area is 85.5 Å². The lowest BCUT2D eigenvalue weighted by molar-refractivity contribution is 0.573. The molecule has 5 heteroatoms. The first-order chi connectivity index (χ1) is 6.20. The molecule has 0 aromatic heterocycles. The van der Waals surface area contributed by atoms with Crippen LogP contribution in [0.5, 0.6) is 0 Å². The number of amidine groups is 1. The van der Waals surface area contributed by atoms with Gasteiger partial charge in [-0.1, -0.05) is 0 Å². The zero-order valence-corrected chi connectivity index (χ0v) is 9.76. The molecule has 0 aliphatic carbocycles. The van der Waals surface area contributed by atoms with E-state index in [0.717, 1.165) is 0 Å². The van der Waals surface area contributed by atoms with Crippen LogP contribution in [0.4, 0.5) is 0 Å². The minimum absolute atomic E-state index is 0.0702. The summed E-state index contributed by atoms with van der Waals surface area (Å²) in [4.78, 5) is 4.29. The van der Waals surface area contributed by atoms with Crippen molar-refractivity contribution in [2.75, 3.05) is 11.5 Å². The van der Waals surface area contributed by atoms with Gasteiger partial charge in [0.25, 0.3) is 0 Å². The average Bonchev–Trinajstić information content (AvgIpc) is 2.26. The summed E-state index contributed by atoms with van der Waals surface area (Å²) in [5, 5.41) is 0. The van der Waals surface area contributed by atoms with E-state index in [-0.39, 0.29) is 23.0 Å². The smallest absolute Gasteiger partial charge is 0.151 e. The van der Waals surface area contributed by atoms with Gasteiger partial charge in [0.05, 0.1) is 22.9 Å². The second kappa shape index (κ2) is 3.53. The second-order valence-corrected chi connectivity index (χ2v) is 7.04. The van der Waals surface area contributed by atoms with E-state index in [4.69, 9.17) is 5.73 Å². The predicted molar refractivity (Wildman–Crippen MR) is 58.1 cm³/mol. The van der Waals surface area contributed by atoms with E-state index in [1.165, 1.54) is 0 Å². The minimum atomic E-state index is -2.86. The van der Waals surface area contributed by atoms with E-state index in [2.05, 4.69) is 4.99 Å². The predicted octanol–water partition coefficient (Wildman–Crippen LogP) is 0.577. The fourth-order valence-corrected chi connectivity index (χ4v) is 3.27. The van der Waals surface area contributed by atoms with E-state index >= 15 is 0 Å². The standard InChI is InChI=1S/C9H18N2O2S/c1-9(2,3)11-8(10)7-4-5-14(12,13)6-7/h7H,4-6H2,1-3H3,(H2,10,11). The first kappa shape index (κ1) is 11.5. The van der Waals surface area contributed by atoms with Gasteiger partial charge in [0, 0.05) is 5.92 Å². The van der Waals surface area contributed by atoms with Crippen molar-refractivity contribution in [1.29, 1.82) is 0 Å². The number of hydrogen-bond donors (Lipinski definition) is 1. The first-order valence-electron chi connectivity index (χ1n) is 4.75. The van der Waals surface area contributed by atoms with Gasteiger partial charge in [0.1, 0.15) is 0 Å². The minimum Gasteiger partial charge on any atom is -0.387 e. The van der Waals surface area contributed by atoms with Gasteiger partial charge in [-0.25, -0.2) is 8.42 Å². The zero-order valence-electron chi connectivity index (χ0n) is 8.95. The Kier molecular flexibility index (Phi) is 2.90. The molecule has 82 valence electrons. The van der Waals surface area contributed by atoms with E-state index in [1.54, 1.807) is 0 Å². The van der Waals surface area contributed by atoms with Gasteiger partial charge in [-0.2, -0.15) is 0 Å². The molecule has 0 spiro atoms. The van der Waals surface area contributed by atoms with Crippen LogP contribution >= 0.6 is 0 Å². The van der Waals surface area contributed by atoms with Crippen molar-refractivity contribution < 1.29 is 8.42 Å². The lowest BCUT2D eigenvalue weighted by atomic mass is 10.1. The molecule has 0 radical (unpaired) electrons. The molecule has 0 bridgehead atoms. The molecule has 0 amide bonds. The molecule has 4 nitrogen and oxygen atoms in total. The van der Waals surface area contributed by atoms with Gasteiger partial charge in [0.2, 0.25) is 0 Å². The third kappa shape index (κ3) is 3.29. The van der Waals surface area contributed by atoms with Gasteiger partial charge in [-0.05, 0) is 27.2 Å². The Morgan fingerprint density at radius 2 is 2.00 bits per heavy atom. The molecule has 1 rings (SSSR count). The summed E-state index contributed by atoms with van der Waals surface area (Å²) in [6.45, 7) is 5.84. The van der Waals surface area contributed by atoms with Crippen molar-refractivity contribution in [3.63, 3.8) is 0 Å². The molecule has 1 atom stereocenters. The lowest BCUT2D eigenvalue weighted by Crippen LogP contribution is -2.28. The van der Waals surface area contributed by atoms with Gasteiger partial charge < -0.3 is 5.73 Å². The number of aliphatic imine (C=N–C) groups is 1. The summed E-state index contributed by atoms with van der Waals surface area (Å²) in [6.07, 6.45) is 0.619. The Balaban J connectivity index is 2.74. The van der Waals surface area contributed by atoms with Gasteiger partial charge in [0.15, 0.2) is 9.84 Å². The van der Waals surface area contributed by atoms with Crippen LogP contribution in [0.2, 0.25) is 0 Å².